The molecule has 4 nitrogen and oxygen atoms in total. The van der Waals surface area contributed by atoms with Gasteiger partial charge >= 0.3 is 24.6 Å². The van der Waals surface area contributed by atoms with E-state index in [-0.39, 0.29) is 34.7 Å². The molecule has 0 radical (unpaired) electrons. The summed E-state index contributed by atoms with van der Waals surface area (Å²) in [5.74, 6) is -5.54. The fraction of sp³-hybridized carbons (Fsp3) is 0.250. The summed E-state index contributed by atoms with van der Waals surface area (Å²) in [6.07, 6.45) is -15.5. The summed E-state index contributed by atoms with van der Waals surface area (Å²) in [5.41, 5.74) is -1.72. The van der Waals surface area contributed by atoms with Gasteiger partial charge in [-0.05, 0) is 59.2 Å². The van der Waals surface area contributed by atoms with Crippen LogP contribution in [0.15, 0.2) is 97.1 Å². The topological polar surface area (TPSA) is 41.9 Å². The molecule has 0 amide bonds. The molecule has 4 rings (SSSR count). The van der Waals surface area contributed by atoms with Crippen LogP contribution in [0, 0.1) is 0 Å². The highest BCUT2D eigenvalue weighted by Gasteiger charge is 2.58. The molecule has 1 unspecified atom stereocenters. The van der Waals surface area contributed by atoms with Crippen LogP contribution in [0.25, 0.3) is 0 Å². The highest BCUT2D eigenvalue weighted by Crippen LogP contribution is 2.44. The minimum atomic E-state index is -5.89. The molecule has 252 valence electrons. The van der Waals surface area contributed by atoms with Gasteiger partial charge in [0.15, 0.2) is 0 Å². The number of aliphatic hydroxyl groups is 1. The Balaban J connectivity index is 1.69. The first-order valence-corrected chi connectivity index (χ1v) is 13.5. The van der Waals surface area contributed by atoms with Crippen LogP contribution in [0.2, 0.25) is 0 Å². The second-order valence-corrected chi connectivity index (χ2v) is 10.2. The summed E-state index contributed by atoms with van der Waals surface area (Å²) in [5, 5.41) is 10.4. The lowest BCUT2D eigenvalue weighted by Gasteiger charge is -2.34. The van der Waals surface area contributed by atoms with Crippen LogP contribution in [-0.2, 0) is 25.3 Å². The molecule has 0 aromatic heterocycles. The van der Waals surface area contributed by atoms with Crippen molar-refractivity contribution in [2.75, 3.05) is 11.5 Å². The number of ether oxygens (including phenoxy) is 2. The van der Waals surface area contributed by atoms with Gasteiger partial charge in [0.2, 0.25) is 0 Å². The Morgan fingerprint density at radius 2 is 1.26 bits per heavy atom. The molecule has 1 atom stereocenters. The standard InChI is InChI=1S/C32H24F11NO3/c33-29(34,31(38,39)40)24-6-1-4-20(14-24)17-44(28(18-45)22-10-12-23(13-11-22)30(35,36)37)25-7-3-8-26(16-25)46-19-21-5-2-9-27(15-21)47-32(41,42)43/h1-16,28,45H,17-19H2. The van der Waals surface area contributed by atoms with E-state index in [0.29, 0.717) is 12.1 Å². The van der Waals surface area contributed by atoms with Crippen molar-refractivity contribution >= 4 is 5.69 Å². The van der Waals surface area contributed by atoms with Crippen molar-refractivity contribution in [2.24, 2.45) is 0 Å². The van der Waals surface area contributed by atoms with E-state index in [2.05, 4.69) is 4.74 Å². The van der Waals surface area contributed by atoms with Gasteiger partial charge in [-0.15, -0.1) is 13.2 Å². The first kappa shape index (κ1) is 35.3. The van der Waals surface area contributed by atoms with Gasteiger partial charge < -0.3 is 19.5 Å². The molecule has 4 aromatic carbocycles. The lowest BCUT2D eigenvalue weighted by atomic mass is 10.0. The van der Waals surface area contributed by atoms with E-state index >= 15 is 0 Å². The minimum Gasteiger partial charge on any atom is -0.489 e. The second-order valence-electron chi connectivity index (χ2n) is 10.2. The first-order valence-electron chi connectivity index (χ1n) is 13.5. The molecule has 1 N–H and O–H groups in total. The van der Waals surface area contributed by atoms with Gasteiger partial charge in [-0.3, -0.25) is 0 Å². The van der Waals surface area contributed by atoms with Crippen LogP contribution in [0.4, 0.5) is 54.0 Å². The number of rotatable bonds is 11. The van der Waals surface area contributed by atoms with Gasteiger partial charge in [-0.2, -0.15) is 35.1 Å². The number of benzene rings is 4. The highest BCUT2D eigenvalue weighted by molar-refractivity contribution is 5.54. The summed E-state index contributed by atoms with van der Waals surface area (Å²) in [4.78, 5) is 1.37. The Kier molecular flexibility index (Phi) is 10.3. The third kappa shape index (κ3) is 9.05. The smallest absolute Gasteiger partial charge is 0.489 e. The Bertz CT molecular complexity index is 1640. The van der Waals surface area contributed by atoms with Crippen LogP contribution in [0.5, 0.6) is 11.5 Å². The van der Waals surface area contributed by atoms with E-state index < -0.39 is 60.7 Å². The summed E-state index contributed by atoms with van der Waals surface area (Å²) < 4.78 is 155. The quantitative estimate of drug-likeness (QED) is 0.161. The van der Waals surface area contributed by atoms with Gasteiger partial charge in [0.25, 0.3) is 0 Å². The Labute approximate surface area is 260 Å². The molecule has 0 heterocycles. The van der Waals surface area contributed by atoms with Gasteiger partial charge in [0, 0.05) is 23.9 Å². The van der Waals surface area contributed by atoms with E-state index in [1.54, 1.807) is 0 Å². The average Bonchev–Trinajstić information content (AvgIpc) is 2.99. The summed E-state index contributed by atoms with van der Waals surface area (Å²) >= 11 is 0. The van der Waals surface area contributed by atoms with Crippen LogP contribution in [0.1, 0.15) is 33.9 Å². The number of halogens is 11. The average molecular weight is 680 g/mol. The largest absolute Gasteiger partial charge is 0.573 e. The van der Waals surface area contributed by atoms with E-state index in [1.807, 2.05) is 0 Å². The zero-order chi connectivity index (χ0) is 34.6. The van der Waals surface area contributed by atoms with Gasteiger partial charge in [-0.25, -0.2) is 0 Å². The highest BCUT2D eigenvalue weighted by atomic mass is 19.4. The lowest BCUT2D eigenvalue weighted by Crippen LogP contribution is -2.34. The molecule has 15 heteroatoms. The number of alkyl halides is 11. The molecule has 0 spiro atoms. The Morgan fingerprint density at radius 3 is 1.87 bits per heavy atom. The normalized spacial score (nSPS) is 13.3. The number of anilines is 1. The molecule has 0 saturated carbocycles. The zero-order valence-electron chi connectivity index (χ0n) is 23.8. The molecule has 0 aliphatic heterocycles. The molecule has 4 aromatic rings. The third-order valence-electron chi connectivity index (χ3n) is 6.86. The molecule has 0 fully saturated rings. The second kappa shape index (κ2) is 13.7. The molecule has 0 aliphatic carbocycles. The van der Waals surface area contributed by atoms with E-state index in [1.165, 1.54) is 47.4 Å². The van der Waals surface area contributed by atoms with Crippen LogP contribution in [-0.4, -0.2) is 24.3 Å². The minimum absolute atomic E-state index is 0.0513. The Hall–Kier alpha value is -4.53. The first-order chi connectivity index (χ1) is 21.9. The predicted molar refractivity (Wildman–Crippen MR) is 148 cm³/mol. The zero-order valence-corrected chi connectivity index (χ0v) is 23.8. The predicted octanol–water partition coefficient (Wildman–Crippen LogP) is 9.58. The maximum atomic E-state index is 14.2. The third-order valence-corrected chi connectivity index (χ3v) is 6.86. The van der Waals surface area contributed by atoms with Gasteiger partial charge in [-0.1, -0.05) is 48.5 Å². The van der Waals surface area contributed by atoms with Crippen molar-refractivity contribution in [3.8, 4) is 11.5 Å². The van der Waals surface area contributed by atoms with Crippen LogP contribution in [0.3, 0.4) is 0 Å². The SMILES string of the molecule is OCC(c1ccc(C(F)(F)F)cc1)N(Cc1cccc(C(F)(F)C(F)(F)F)c1)c1cccc(OCc2cccc(OC(F)(F)F)c2)c1. The van der Waals surface area contributed by atoms with Crippen LogP contribution < -0.4 is 14.4 Å². The molecule has 0 saturated heterocycles. The van der Waals surface area contributed by atoms with Crippen molar-refractivity contribution in [3.63, 3.8) is 0 Å². The molecule has 0 bridgehead atoms. The van der Waals surface area contributed by atoms with Gasteiger partial charge in [0.05, 0.1) is 18.2 Å². The van der Waals surface area contributed by atoms with Crippen molar-refractivity contribution in [1.82, 2.24) is 0 Å². The number of aliphatic hydroxyl groups excluding tert-OH is 1. The number of hydrogen-bond donors (Lipinski definition) is 1. The number of hydrogen-bond acceptors (Lipinski definition) is 4. The maximum absolute atomic E-state index is 14.2. The Morgan fingerprint density at radius 1 is 0.638 bits per heavy atom. The lowest BCUT2D eigenvalue weighted by molar-refractivity contribution is -0.289. The summed E-state index contributed by atoms with van der Waals surface area (Å²) in [6, 6.07) is 16.9. The maximum Gasteiger partial charge on any atom is 0.573 e. The van der Waals surface area contributed by atoms with Crippen molar-refractivity contribution < 1.29 is 62.9 Å². The van der Waals surface area contributed by atoms with Crippen molar-refractivity contribution in [1.29, 1.82) is 0 Å². The summed E-state index contributed by atoms with van der Waals surface area (Å²) in [7, 11) is 0. The molecular formula is C32H24F11NO3. The number of nitrogens with zero attached hydrogens (tertiary/aromatic N) is 1. The van der Waals surface area contributed by atoms with E-state index in [9.17, 15) is 53.4 Å². The summed E-state index contributed by atoms with van der Waals surface area (Å²) in [6.45, 7) is -1.36. The fourth-order valence-electron chi connectivity index (χ4n) is 4.64. The van der Waals surface area contributed by atoms with E-state index in [0.717, 1.165) is 42.5 Å². The van der Waals surface area contributed by atoms with Gasteiger partial charge in [0.1, 0.15) is 18.1 Å². The molecule has 47 heavy (non-hydrogen) atoms. The van der Waals surface area contributed by atoms with Crippen LogP contribution >= 0.6 is 0 Å². The van der Waals surface area contributed by atoms with Crippen molar-refractivity contribution in [2.45, 2.75) is 43.8 Å². The molecule has 0 aliphatic rings. The van der Waals surface area contributed by atoms with Crippen molar-refractivity contribution in [3.05, 3.63) is 125 Å². The van der Waals surface area contributed by atoms with E-state index in [4.69, 9.17) is 4.74 Å². The molecular weight excluding hydrogens is 655 g/mol. The fourth-order valence-corrected chi connectivity index (χ4v) is 4.64. The monoisotopic (exact) mass is 679 g/mol.